The Morgan fingerprint density at radius 1 is 1.54 bits per heavy atom. The molecule has 0 amide bonds. The highest BCUT2D eigenvalue weighted by molar-refractivity contribution is 5.30. The van der Waals surface area contributed by atoms with Gasteiger partial charge in [-0.3, -0.25) is 4.79 Å². The van der Waals surface area contributed by atoms with Crippen molar-refractivity contribution in [2.45, 2.75) is 32.2 Å². The largest absolute Gasteiger partial charge is 0.326 e. The van der Waals surface area contributed by atoms with Crippen molar-refractivity contribution >= 4 is 0 Å². The van der Waals surface area contributed by atoms with Crippen molar-refractivity contribution in [2.75, 3.05) is 0 Å². The van der Waals surface area contributed by atoms with Gasteiger partial charge in [-0.2, -0.15) is 0 Å². The Bertz CT molecular complexity index is 379. The van der Waals surface area contributed by atoms with E-state index in [9.17, 15) is 4.79 Å². The van der Waals surface area contributed by atoms with E-state index in [-0.39, 0.29) is 11.6 Å². The van der Waals surface area contributed by atoms with Gasteiger partial charge in [-0.25, -0.2) is 0 Å². The third-order valence-electron chi connectivity index (χ3n) is 2.61. The summed E-state index contributed by atoms with van der Waals surface area (Å²) in [6.45, 7) is 1.84. The molecule has 1 aromatic heterocycles. The first-order valence-corrected chi connectivity index (χ1v) is 4.69. The Kier molecular flexibility index (Phi) is 1.96. The minimum absolute atomic E-state index is 0.0179. The molecule has 13 heavy (non-hydrogen) atoms. The first-order chi connectivity index (χ1) is 6.18. The Hall–Kier alpha value is -1.09. The molecule has 1 atom stereocenters. The molecule has 0 fully saturated rings. The minimum Gasteiger partial charge on any atom is -0.326 e. The molecule has 2 rings (SSSR count). The standard InChI is InChI=1S/C10H14N2O/c1-6(11)8-5-7-3-2-4-9(7)12-10(8)13/h5-6H,2-4,11H2,1H3,(H,12,13)/t6-/m0/s1. The summed E-state index contributed by atoms with van der Waals surface area (Å²) in [6, 6.07) is 1.79. The third kappa shape index (κ3) is 1.40. The summed E-state index contributed by atoms with van der Waals surface area (Å²) in [5.41, 5.74) is 8.76. The molecule has 3 nitrogen and oxygen atoms in total. The second-order valence-corrected chi connectivity index (χ2v) is 3.70. The van der Waals surface area contributed by atoms with E-state index in [2.05, 4.69) is 4.98 Å². The van der Waals surface area contributed by atoms with Crippen LogP contribution in [0.5, 0.6) is 0 Å². The number of aromatic nitrogens is 1. The van der Waals surface area contributed by atoms with E-state index >= 15 is 0 Å². The van der Waals surface area contributed by atoms with Crippen LogP contribution in [-0.4, -0.2) is 4.98 Å². The molecule has 0 unspecified atom stereocenters. The van der Waals surface area contributed by atoms with Gasteiger partial charge in [-0.15, -0.1) is 0 Å². The molecule has 1 heterocycles. The summed E-state index contributed by atoms with van der Waals surface area (Å²) in [4.78, 5) is 14.4. The van der Waals surface area contributed by atoms with Gasteiger partial charge in [0.15, 0.2) is 0 Å². The van der Waals surface area contributed by atoms with Crippen molar-refractivity contribution < 1.29 is 0 Å². The fourth-order valence-corrected chi connectivity index (χ4v) is 1.87. The van der Waals surface area contributed by atoms with Gasteiger partial charge in [0.2, 0.25) is 0 Å². The first kappa shape index (κ1) is 8.51. The van der Waals surface area contributed by atoms with Crippen molar-refractivity contribution in [1.82, 2.24) is 4.98 Å². The number of nitrogens with one attached hydrogen (secondary N) is 1. The lowest BCUT2D eigenvalue weighted by atomic mass is 10.1. The van der Waals surface area contributed by atoms with Crippen LogP contribution in [0.2, 0.25) is 0 Å². The maximum absolute atomic E-state index is 11.5. The van der Waals surface area contributed by atoms with Gasteiger partial charge < -0.3 is 10.7 Å². The zero-order valence-corrected chi connectivity index (χ0v) is 7.76. The van der Waals surface area contributed by atoms with Gasteiger partial charge in [-0.1, -0.05) is 0 Å². The zero-order valence-electron chi connectivity index (χ0n) is 7.76. The second-order valence-electron chi connectivity index (χ2n) is 3.70. The molecule has 0 saturated heterocycles. The Labute approximate surface area is 77.0 Å². The summed E-state index contributed by atoms with van der Waals surface area (Å²) in [5.74, 6) is 0. The van der Waals surface area contributed by atoms with Crippen LogP contribution in [0.25, 0.3) is 0 Å². The van der Waals surface area contributed by atoms with E-state index in [1.54, 1.807) is 0 Å². The van der Waals surface area contributed by atoms with Gasteiger partial charge in [0.1, 0.15) is 0 Å². The van der Waals surface area contributed by atoms with Gasteiger partial charge in [0.05, 0.1) is 0 Å². The third-order valence-corrected chi connectivity index (χ3v) is 2.61. The normalized spacial score (nSPS) is 17.1. The fourth-order valence-electron chi connectivity index (χ4n) is 1.87. The molecule has 1 aliphatic rings. The highest BCUT2D eigenvalue weighted by Gasteiger charge is 2.15. The molecule has 3 N–H and O–H groups in total. The number of pyridine rings is 1. The van der Waals surface area contributed by atoms with Crippen molar-refractivity contribution in [3.05, 3.63) is 33.2 Å². The zero-order chi connectivity index (χ0) is 9.42. The Morgan fingerprint density at radius 3 is 3.00 bits per heavy atom. The number of fused-ring (bicyclic) bond motifs is 1. The van der Waals surface area contributed by atoms with E-state index in [0.717, 1.165) is 25.0 Å². The number of rotatable bonds is 1. The van der Waals surface area contributed by atoms with Crippen LogP contribution >= 0.6 is 0 Å². The maximum Gasteiger partial charge on any atom is 0.252 e. The molecule has 0 saturated carbocycles. The SMILES string of the molecule is C[C@H](N)c1cc2c([nH]c1=O)CCC2. The van der Waals surface area contributed by atoms with Gasteiger partial charge in [0.25, 0.3) is 5.56 Å². The highest BCUT2D eigenvalue weighted by Crippen LogP contribution is 2.20. The maximum atomic E-state index is 11.5. The summed E-state index contributed by atoms with van der Waals surface area (Å²) in [5, 5.41) is 0. The summed E-state index contributed by atoms with van der Waals surface area (Å²) in [7, 11) is 0. The molecular formula is C10H14N2O. The van der Waals surface area contributed by atoms with E-state index in [4.69, 9.17) is 5.73 Å². The molecule has 70 valence electrons. The lowest BCUT2D eigenvalue weighted by Crippen LogP contribution is -2.21. The first-order valence-electron chi connectivity index (χ1n) is 4.69. The van der Waals surface area contributed by atoms with E-state index < -0.39 is 0 Å². The van der Waals surface area contributed by atoms with Gasteiger partial charge in [0, 0.05) is 17.3 Å². The molecule has 3 heteroatoms. The molecule has 1 aromatic rings. The molecular weight excluding hydrogens is 164 g/mol. The molecule has 0 bridgehead atoms. The van der Waals surface area contributed by atoms with Crippen LogP contribution in [0.4, 0.5) is 0 Å². The summed E-state index contributed by atoms with van der Waals surface area (Å²) in [6.07, 6.45) is 3.23. The topological polar surface area (TPSA) is 58.9 Å². The average Bonchev–Trinajstić information content (AvgIpc) is 2.48. The number of nitrogens with two attached hydrogens (primary N) is 1. The molecule has 0 aliphatic heterocycles. The summed E-state index contributed by atoms with van der Waals surface area (Å²) < 4.78 is 0. The van der Waals surface area contributed by atoms with Gasteiger partial charge >= 0.3 is 0 Å². The van der Waals surface area contributed by atoms with E-state index in [1.165, 1.54) is 5.56 Å². The van der Waals surface area contributed by atoms with Crippen LogP contribution < -0.4 is 11.3 Å². The van der Waals surface area contributed by atoms with Crippen LogP contribution in [0.15, 0.2) is 10.9 Å². The van der Waals surface area contributed by atoms with Crippen LogP contribution in [0.3, 0.4) is 0 Å². The fraction of sp³-hybridized carbons (Fsp3) is 0.500. The molecule has 0 aromatic carbocycles. The van der Waals surface area contributed by atoms with Crippen molar-refractivity contribution in [3.8, 4) is 0 Å². The molecule has 0 radical (unpaired) electrons. The number of H-pyrrole nitrogens is 1. The summed E-state index contributed by atoms with van der Waals surface area (Å²) >= 11 is 0. The number of hydrogen-bond acceptors (Lipinski definition) is 2. The van der Waals surface area contributed by atoms with Crippen LogP contribution in [0.1, 0.15) is 36.2 Å². The second kappa shape index (κ2) is 3.00. The predicted molar refractivity (Wildman–Crippen MR) is 51.7 cm³/mol. The average molecular weight is 178 g/mol. The Balaban J connectivity index is 2.56. The molecule has 0 spiro atoms. The van der Waals surface area contributed by atoms with Gasteiger partial charge in [-0.05, 0) is 37.8 Å². The predicted octanol–water partition coefficient (Wildman–Crippen LogP) is 0.883. The van der Waals surface area contributed by atoms with E-state index in [1.807, 2.05) is 13.0 Å². The van der Waals surface area contributed by atoms with E-state index in [0.29, 0.717) is 5.56 Å². The van der Waals surface area contributed by atoms with Crippen molar-refractivity contribution in [1.29, 1.82) is 0 Å². The van der Waals surface area contributed by atoms with Crippen LogP contribution in [0, 0.1) is 0 Å². The van der Waals surface area contributed by atoms with Crippen LogP contribution in [-0.2, 0) is 12.8 Å². The lowest BCUT2D eigenvalue weighted by Gasteiger charge is -2.06. The van der Waals surface area contributed by atoms with Crippen molar-refractivity contribution in [2.24, 2.45) is 5.73 Å². The number of aryl methyl sites for hydroxylation is 2. The smallest absolute Gasteiger partial charge is 0.252 e. The number of aromatic amines is 1. The monoisotopic (exact) mass is 178 g/mol. The quantitative estimate of drug-likeness (QED) is 0.670. The Morgan fingerprint density at radius 2 is 2.31 bits per heavy atom. The minimum atomic E-state index is -0.172. The van der Waals surface area contributed by atoms with Crippen molar-refractivity contribution in [3.63, 3.8) is 0 Å². The molecule has 1 aliphatic carbocycles. The highest BCUT2D eigenvalue weighted by atomic mass is 16.1. The number of hydrogen-bond donors (Lipinski definition) is 2. The lowest BCUT2D eigenvalue weighted by molar-refractivity contribution is 0.794.